The summed E-state index contributed by atoms with van der Waals surface area (Å²) in [5, 5.41) is 9.06. The summed E-state index contributed by atoms with van der Waals surface area (Å²) in [6, 6.07) is 3.13. The van der Waals surface area contributed by atoms with E-state index in [1.807, 2.05) is 6.92 Å². The number of amides is 1. The molecular formula is C15H22F2N2O2. The fraction of sp³-hybridized carbons (Fsp3) is 0.533. The Bertz CT molecular complexity index is 497. The van der Waals surface area contributed by atoms with Crippen molar-refractivity contribution >= 4 is 5.91 Å². The first-order valence-electron chi connectivity index (χ1n) is 6.79. The highest BCUT2D eigenvalue weighted by Gasteiger charge is 2.21. The van der Waals surface area contributed by atoms with Crippen molar-refractivity contribution in [1.82, 2.24) is 9.80 Å². The lowest BCUT2D eigenvalue weighted by atomic mass is 10.1. The molecule has 1 amide bonds. The van der Waals surface area contributed by atoms with Crippen molar-refractivity contribution in [3.63, 3.8) is 0 Å². The van der Waals surface area contributed by atoms with Gasteiger partial charge in [-0.3, -0.25) is 9.69 Å². The lowest BCUT2D eigenvalue weighted by Crippen LogP contribution is -2.42. The molecule has 1 rings (SSSR count). The molecule has 4 nitrogen and oxygen atoms in total. The number of nitrogens with zero attached hydrogens (tertiary/aromatic N) is 2. The topological polar surface area (TPSA) is 43.8 Å². The van der Waals surface area contributed by atoms with Gasteiger partial charge in [-0.1, -0.05) is 6.07 Å². The van der Waals surface area contributed by atoms with E-state index >= 15 is 0 Å². The van der Waals surface area contributed by atoms with E-state index < -0.39 is 11.6 Å². The normalized spacial score (nSPS) is 14.1. The van der Waals surface area contributed by atoms with E-state index in [0.29, 0.717) is 5.56 Å². The van der Waals surface area contributed by atoms with Crippen LogP contribution in [0.25, 0.3) is 0 Å². The maximum Gasteiger partial charge on any atom is 0.236 e. The van der Waals surface area contributed by atoms with Crippen molar-refractivity contribution in [3.8, 4) is 0 Å². The Hall–Kier alpha value is -1.53. The molecule has 2 atom stereocenters. The average Bonchev–Trinajstić information content (AvgIpc) is 2.47. The maximum atomic E-state index is 13.3. The second-order valence-corrected chi connectivity index (χ2v) is 5.30. The van der Waals surface area contributed by atoms with Gasteiger partial charge in [0.1, 0.15) is 0 Å². The van der Waals surface area contributed by atoms with Crippen LogP contribution >= 0.6 is 0 Å². The van der Waals surface area contributed by atoms with Crippen LogP contribution < -0.4 is 0 Å². The van der Waals surface area contributed by atoms with Crippen molar-refractivity contribution in [2.75, 3.05) is 27.2 Å². The molecule has 0 heterocycles. The van der Waals surface area contributed by atoms with Crippen LogP contribution in [0.1, 0.15) is 25.5 Å². The third-order valence-electron chi connectivity index (χ3n) is 3.80. The summed E-state index contributed by atoms with van der Waals surface area (Å²) in [6.45, 7) is 3.67. The molecule has 0 aliphatic rings. The number of halogens is 2. The zero-order valence-corrected chi connectivity index (χ0v) is 12.8. The summed E-state index contributed by atoms with van der Waals surface area (Å²) in [6.07, 6.45) is 0. The second kappa shape index (κ2) is 7.47. The molecule has 0 fully saturated rings. The van der Waals surface area contributed by atoms with E-state index in [2.05, 4.69) is 0 Å². The van der Waals surface area contributed by atoms with Gasteiger partial charge in [-0.15, -0.1) is 0 Å². The minimum absolute atomic E-state index is 0.0355. The number of aliphatic hydroxyl groups excluding tert-OH is 1. The summed E-state index contributed by atoms with van der Waals surface area (Å²) in [5.74, 6) is -1.99. The van der Waals surface area contributed by atoms with Crippen molar-refractivity contribution < 1.29 is 18.7 Å². The quantitative estimate of drug-likeness (QED) is 0.871. The number of aliphatic hydroxyl groups is 1. The van der Waals surface area contributed by atoms with Crippen LogP contribution in [0.4, 0.5) is 8.78 Å². The molecule has 0 spiro atoms. The van der Waals surface area contributed by atoms with Crippen LogP contribution in [0.5, 0.6) is 0 Å². The predicted molar refractivity (Wildman–Crippen MR) is 76.7 cm³/mol. The first-order valence-corrected chi connectivity index (χ1v) is 6.79. The highest BCUT2D eigenvalue weighted by Crippen LogP contribution is 2.21. The number of carbonyl (C=O) groups is 1. The molecular weight excluding hydrogens is 278 g/mol. The number of carbonyl (C=O) groups excluding carboxylic acids is 1. The smallest absolute Gasteiger partial charge is 0.236 e. The summed E-state index contributed by atoms with van der Waals surface area (Å²) >= 11 is 0. The standard InChI is InChI=1S/C15H22F2N2O2/c1-10(9-20)18(3)8-15(21)19(4)11(2)12-5-6-13(16)14(17)7-12/h5-7,10-11,20H,8-9H2,1-4H3. The predicted octanol–water partition coefficient (Wildman–Crippen LogP) is 1.80. The second-order valence-electron chi connectivity index (χ2n) is 5.30. The third kappa shape index (κ3) is 4.47. The summed E-state index contributed by atoms with van der Waals surface area (Å²) in [5.41, 5.74) is 0.530. The summed E-state index contributed by atoms with van der Waals surface area (Å²) in [7, 11) is 3.36. The number of hydrogen-bond acceptors (Lipinski definition) is 3. The molecule has 0 radical (unpaired) electrons. The van der Waals surface area contributed by atoms with E-state index in [9.17, 15) is 13.6 Å². The van der Waals surface area contributed by atoms with Gasteiger partial charge in [-0.2, -0.15) is 0 Å². The number of likely N-dealkylation sites (N-methyl/N-ethyl adjacent to an activating group) is 2. The van der Waals surface area contributed by atoms with Crippen molar-refractivity contribution in [2.45, 2.75) is 25.9 Å². The third-order valence-corrected chi connectivity index (χ3v) is 3.80. The molecule has 0 aromatic heterocycles. The Morgan fingerprint density at radius 2 is 1.86 bits per heavy atom. The van der Waals surface area contributed by atoms with Gasteiger partial charge in [-0.25, -0.2) is 8.78 Å². The van der Waals surface area contributed by atoms with Crippen LogP contribution in [0.2, 0.25) is 0 Å². The molecule has 6 heteroatoms. The number of hydrogen-bond donors (Lipinski definition) is 1. The molecule has 1 aromatic rings. The maximum absolute atomic E-state index is 13.3. The first kappa shape index (κ1) is 17.5. The van der Waals surface area contributed by atoms with Crippen LogP contribution in [-0.4, -0.2) is 54.1 Å². The van der Waals surface area contributed by atoms with E-state index in [1.165, 1.54) is 11.0 Å². The number of rotatable bonds is 6. The lowest BCUT2D eigenvalue weighted by molar-refractivity contribution is -0.133. The highest BCUT2D eigenvalue weighted by atomic mass is 19.2. The molecule has 0 saturated heterocycles. The zero-order valence-electron chi connectivity index (χ0n) is 12.8. The SMILES string of the molecule is CC(CO)N(C)CC(=O)N(C)C(C)c1ccc(F)c(F)c1. The van der Waals surface area contributed by atoms with E-state index in [-0.39, 0.29) is 31.1 Å². The van der Waals surface area contributed by atoms with Gasteiger partial charge in [-0.05, 0) is 38.6 Å². The van der Waals surface area contributed by atoms with Crippen LogP contribution in [-0.2, 0) is 4.79 Å². The fourth-order valence-electron chi connectivity index (χ4n) is 1.83. The van der Waals surface area contributed by atoms with Crippen molar-refractivity contribution in [1.29, 1.82) is 0 Å². The molecule has 1 N–H and O–H groups in total. The van der Waals surface area contributed by atoms with Gasteiger partial charge >= 0.3 is 0 Å². The lowest BCUT2D eigenvalue weighted by Gasteiger charge is -2.29. The van der Waals surface area contributed by atoms with Gasteiger partial charge in [0, 0.05) is 13.1 Å². The van der Waals surface area contributed by atoms with Crippen LogP contribution in [0.15, 0.2) is 18.2 Å². The molecule has 0 aliphatic carbocycles. The van der Waals surface area contributed by atoms with Crippen LogP contribution in [0, 0.1) is 11.6 Å². The Morgan fingerprint density at radius 3 is 2.38 bits per heavy atom. The number of benzene rings is 1. The van der Waals surface area contributed by atoms with Crippen LogP contribution in [0.3, 0.4) is 0 Å². The Labute approximate surface area is 124 Å². The van der Waals surface area contributed by atoms with Gasteiger partial charge in [0.05, 0.1) is 19.2 Å². The minimum atomic E-state index is -0.925. The first-order chi connectivity index (χ1) is 9.77. The molecule has 1 aromatic carbocycles. The van der Waals surface area contributed by atoms with Gasteiger partial charge in [0.25, 0.3) is 0 Å². The zero-order chi connectivity index (χ0) is 16.2. The largest absolute Gasteiger partial charge is 0.395 e. The van der Waals surface area contributed by atoms with E-state index in [4.69, 9.17) is 5.11 Å². The van der Waals surface area contributed by atoms with E-state index in [1.54, 1.807) is 25.9 Å². The highest BCUT2D eigenvalue weighted by molar-refractivity contribution is 5.78. The molecule has 21 heavy (non-hydrogen) atoms. The summed E-state index contributed by atoms with van der Waals surface area (Å²) in [4.78, 5) is 15.4. The van der Waals surface area contributed by atoms with Gasteiger partial charge in [0.15, 0.2) is 11.6 Å². The minimum Gasteiger partial charge on any atom is -0.395 e. The Morgan fingerprint density at radius 1 is 1.24 bits per heavy atom. The Balaban J connectivity index is 2.75. The molecule has 2 unspecified atom stereocenters. The van der Waals surface area contributed by atoms with Crippen molar-refractivity contribution in [2.24, 2.45) is 0 Å². The molecule has 0 bridgehead atoms. The van der Waals surface area contributed by atoms with Gasteiger partial charge < -0.3 is 10.0 Å². The fourth-order valence-corrected chi connectivity index (χ4v) is 1.83. The van der Waals surface area contributed by atoms with Crippen molar-refractivity contribution in [3.05, 3.63) is 35.4 Å². The average molecular weight is 300 g/mol. The Kier molecular flexibility index (Phi) is 6.23. The van der Waals surface area contributed by atoms with Gasteiger partial charge in [0.2, 0.25) is 5.91 Å². The summed E-state index contributed by atoms with van der Waals surface area (Å²) < 4.78 is 26.2. The molecule has 118 valence electrons. The van der Waals surface area contributed by atoms with E-state index in [0.717, 1.165) is 12.1 Å². The molecule has 0 saturated carbocycles. The monoisotopic (exact) mass is 300 g/mol. The molecule has 0 aliphatic heterocycles.